The molecule has 26 heavy (non-hydrogen) atoms. The van der Waals surface area contributed by atoms with Crippen LogP contribution in [0.25, 0.3) is 0 Å². The van der Waals surface area contributed by atoms with Crippen LogP contribution in [-0.2, 0) is 10.0 Å². The van der Waals surface area contributed by atoms with E-state index in [-0.39, 0.29) is 16.8 Å². The van der Waals surface area contributed by atoms with Crippen molar-refractivity contribution in [3.05, 3.63) is 59.1 Å². The normalized spacial score (nSPS) is 15.3. The molecule has 0 bridgehead atoms. The monoisotopic (exact) mass is 393 g/mol. The maximum absolute atomic E-state index is 12.4. The number of anilines is 1. The van der Waals surface area contributed by atoms with Gasteiger partial charge in [-0.3, -0.25) is 9.52 Å². The number of benzene rings is 2. The van der Waals surface area contributed by atoms with E-state index < -0.39 is 10.0 Å². The third kappa shape index (κ3) is 4.75. The molecule has 4 N–H and O–H groups in total. The number of carbonyl (C=O) groups excluding carboxylic acids is 1. The van der Waals surface area contributed by atoms with Crippen LogP contribution < -0.4 is 15.8 Å². The van der Waals surface area contributed by atoms with Gasteiger partial charge in [-0.15, -0.1) is 0 Å². The molecular formula is C18H20ClN3O3S. The van der Waals surface area contributed by atoms with Crippen molar-refractivity contribution in [2.45, 2.75) is 23.8 Å². The lowest BCUT2D eigenvalue weighted by molar-refractivity contribution is 0.0950. The summed E-state index contributed by atoms with van der Waals surface area (Å²) >= 11 is 5.79. The molecule has 1 aliphatic carbocycles. The van der Waals surface area contributed by atoms with Gasteiger partial charge >= 0.3 is 0 Å². The highest BCUT2D eigenvalue weighted by atomic mass is 35.5. The van der Waals surface area contributed by atoms with Crippen LogP contribution in [0.2, 0.25) is 5.02 Å². The number of nitrogens with one attached hydrogen (secondary N) is 2. The van der Waals surface area contributed by atoms with Crippen molar-refractivity contribution in [1.29, 1.82) is 0 Å². The molecule has 1 saturated carbocycles. The molecule has 0 aliphatic heterocycles. The highest BCUT2D eigenvalue weighted by Gasteiger charge is 2.28. The standard InChI is InChI=1S/C18H20ClN3O3S/c19-14-5-7-15(8-6-14)22-26(24,25)16-9-3-13(4-10-16)18(23)21-11-17(20)12-1-2-12/h3-10,12,17,22H,1-2,11,20H2,(H,21,23). The number of sulfonamides is 1. The molecule has 0 aromatic heterocycles. The second kappa shape index (κ2) is 7.65. The number of amides is 1. The van der Waals surface area contributed by atoms with Gasteiger partial charge in [-0.05, 0) is 67.3 Å². The van der Waals surface area contributed by atoms with E-state index >= 15 is 0 Å². The van der Waals surface area contributed by atoms with Crippen LogP contribution in [-0.4, -0.2) is 26.9 Å². The van der Waals surface area contributed by atoms with E-state index in [9.17, 15) is 13.2 Å². The van der Waals surface area contributed by atoms with Crippen LogP contribution in [0.15, 0.2) is 53.4 Å². The average Bonchev–Trinajstić information content (AvgIpc) is 3.46. The quantitative estimate of drug-likeness (QED) is 0.672. The van der Waals surface area contributed by atoms with Gasteiger partial charge in [-0.25, -0.2) is 8.42 Å². The molecule has 0 heterocycles. The molecule has 1 aliphatic rings. The number of hydrogen-bond acceptors (Lipinski definition) is 4. The maximum atomic E-state index is 12.4. The SMILES string of the molecule is NC(CNC(=O)c1ccc(S(=O)(=O)Nc2ccc(Cl)cc2)cc1)C1CC1. The lowest BCUT2D eigenvalue weighted by Gasteiger charge is -2.12. The van der Waals surface area contributed by atoms with Gasteiger partial charge in [0.2, 0.25) is 0 Å². The lowest BCUT2D eigenvalue weighted by atomic mass is 10.2. The van der Waals surface area contributed by atoms with E-state index in [0.717, 1.165) is 12.8 Å². The molecule has 0 spiro atoms. The summed E-state index contributed by atoms with van der Waals surface area (Å²) in [4.78, 5) is 12.2. The maximum Gasteiger partial charge on any atom is 0.261 e. The van der Waals surface area contributed by atoms with E-state index in [2.05, 4.69) is 10.0 Å². The fraction of sp³-hybridized carbons (Fsp3) is 0.278. The van der Waals surface area contributed by atoms with Gasteiger partial charge in [-0.1, -0.05) is 11.6 Å². The predicted octanol–water partition coefficient (Wildman–Crippen LogP) is 2.61. The van der Waals surface area contributed by atoms with E-state index in [0.29, 0.717) is 28.7 Å². The highest BCUT2D eigenvalue weighted by molar-refractivity contribution is 7.92. The Balaban J connectivity index is 1.63. The molecular weight excluding hydrogens is 374 g/mol. The molecule has 0 saturated heterocycles. The Morgan fingerprint density at radius 1 is 1.12 bits per heavy atom. The van der Waals surface area contributed by atoms with Crippen molar-refractivity contribution in [3.8, 4) is 0 Å². The minimum atomic E-state index is -3.74. The van der Waals surface area contributed by atoms with Gasteiger partial charge in [0.1, 0.15) is 0 Å². The van der Waals surface area contributed by atoms with Crippen LogP contribution >= 0.6 is 11.6 Å². The van der Waals surface area contributed by atoms with Gasteiger partial charge in [0.15, 0.2) is 0 Å². The summed E-state index contributed by atoms with van der Waals surface area (Å²) in [5.41, 5.74) is 6.75. The second-order valence-corrected chi connectivity index (χ2v) is 8.47. The Labute approximate surface area is 157 Å². The molecule has 3 rings (SSSR count). The summed E-state index contributed by atoms with van der Waals surface area (Å²) < 4.78 is 27.3. The predicted molar refractivity (Wildman–Crippen MR) is 102 cm³/mol. The number of nitrogens with two attached hydrogens (primary N) is 1. The molecule has 1 atom stereocenters. The Morgan fingerprint density at radius 3 is 2.31 bits per heavy atom. The van der Waals surface area contributed by atoms with Crippen molar-refractivity contribution in [1.82, 2.24) is 5.32 Å². The van der Waals surface area contributed by atoms with Gasteiger partial charge in [0, 0.05) is 28.9 Å². The fourth-order valence-electron chi connectivity index (χ4n) is 2.52. The van der Waals surface area contributed by atoms with Crippen molar-refractivity contribution >= 4 is 33.2 Å². The largest absolute Gasteiger partial charge is 0.350 e. The van der Waals surface area contributed by atoms with Crippen molar-refractivity contribution < 1.29 is 13.2 Å². The van der Waals surface area contributed by atoms with Gasteiger partial charge in [-0.2, -0.15) is 0 Å². The van der Waals surface area contributed by atoms with E-state index in [4.69, 9.17) is 17.3 Å². The minimum Gasteiger partial charge on any atom is -0.350 e. The smallest absolute Gasteiger partial charge is 0.261 e. The summed E-state index contributed by atoms with van der Waals surface area (Å²) in [5, 5.41) is 3.30. The molecule has 2 aromatic rings. The second-order valence-electron chi connectivity index (χ2n) is 6.35. The summed E-state index contributed by atoms with van der Waals surface area (Å²) in [6.45, 7) is 0.418. The first-order valence-electron chi connectivity index (χ1n) is 8.27. The minimum absolute atomic E-state index is 0.0258. The van der Waals surface area contributed by atoms with Crippen LogP contribution in [0, 0.1) is 5.92 Å². The number of hydrogen-bond donors (Lipinski definition) is 3. The van der Waals surface area contributed by atoms with Crippen molar-refractivity contribution in [3.63, 3.8) is 0 Å². The Kier molecular flexibility index (Phi) is 5.50. The van der Waals surface area contributed by atoms with Crippen molar-refractivity contribution in [2.24, 2.45) is 11.7 Å². The lowest BCUT2D eigenvalue weighted by Crippen LogP contribution is -2.38. The Bertz CT molecular complexity index is 879. The van der Waals surface area contributed by atoms with E-state index in [1.807, 2.05) is 0 Å². The van der Waals surface area contributed by atoms with Crippen LogP contribution in [0.4, 0.5) is 5.69 Å². The Morgan fingerprint density at radius 2 is 1.73 bits per heavy atom. The van der Waals surface area contributed by atoms with E-state index in [1.54, 1.807) is 24.3 Å². The molecule has 0 radical (unpaired) electrons. The zero-order chi connectivity index (χ0) is 18.7. The molecule has 2 aromatic carbocycles. The molecule has 1 fully saturated rings. The average molecular weight is 394 g/mol. The summed E-state index contributed by atoms with van der Waals surface area (Å²) in [6, 6.07) is 12.1. The first-order chi connectivity index (χ1) is 12.3. The highest BCUT2D eigenvalue weighted by Crippen LogP contribution is 2.31. The van der Waals surface area contributed by atoms with Gasteiger partial charge in [0.05, 0.1) is 4.90 Å². The van der Waals surface area contributed by atoms with Crippen LogP contribution in [0.5, 0.6) is 0 Å². The number of halogens is 1. The first-order valence-corrected chi connectivity index (χ1v) is 10.1. The zero-order valence-corrected chi connectivity index (χ0v) is 15.6. The zero-order valence-electron chi connectivity index (χ0n) is 14.0. The summed E-state index contributed by atoms with van der Waals surface area (Å²) in [6.07, 6.45) is 2.23. The number of rotatable bonds is 7. The third-order valence-corrected chi connectivity index (χ3v) is 5.90. The summed E-state index contributed by atoms with van der Waals surface area (Å²) in [5.74, 6) is 0.234. The van der Waals surface area contributed by atoms with Crippen LogP contribution in [0.3, 0.4) is 0 Å². The fourth-order valence-corrected chi connectivity index (χ4v) is 3.71. The topological polar surface area (TPSA) is 101 Å². The molecule has 6 nitrogen and oxygen atoms in total. The summed E-state index contributed by atoms with van der Waals surface area (Å²) in [7, 11) is -3.74. The van der Waals surface area contributed by atoms with Gasteiger partial charge in [0.25, 0.3) is 15.9 Å². The Hall–Kier alpha value is -2.09. The third-order valence-electron chi connectivity index (χ3n) is 4.25. The van der Waals surface area contributed by atoms with Crippen molar-refractivity contribution in [2.75, 3.05) is 11.3 Å². The molecule has 1 unspecified atom stereocenters. The first kappa shape index (κ1) is 18.7. The van der Waals surface area contributed by atoms with Gasteiger partial charge < -0.3 is 11.1 Å². The van der Waals surface area contributed by atoms with E-state index in [1.165, 1.54) is 24.3 Å². The molecule has 1 amide bonds. The number of carbonyl (C=O) groups is 1. The molecule has 8 heteroatoms. The van der Waals surface area contributed by atoms with Crippen LogP contribution in [0.1, 0.15) is 23.2 Å². The molecule has 138 valence electrons.